The molecule has 0 bridgehead atoms. The SMILES string of the molecule is C.C.C.C.C.C.C.COc1ccccc1C.Cc1ccc(-c2ccccc2)cc1.Cc1ccc(-c2csnn2)cc1.Cc1cccc(OCc2ccccc2)c1.Cc1ccccc1.Cc1ccccc1Cl.Cc1ccccc1OCc1ccccc1. The number of methoxy groups -OCH3 is 1. The van der Waals surface area contributed by atoms with Crippen LogP contribution in [0.3, 0.4) is 0 Å². The molecule has 1 heterocycles. The third-order valence-corrected chi connectivity index (χ3v) is 12.7. The van der Waals surface area contributed by atoms with Gasteiger partial charge in [0.05, 0.1) is 7.11 Å². The first-order chi connectivity index (χ1) is 38.5. The maximum atomic E-state index is 5.72. The van der Waals surface area contributed by atoms with Crippen molar-refractivity contribution in [3.8, 4) is 39.6 Å². The van der Waals surface area contributed by atoms with Gasteiger partial charge >= 0.3 is 0 Å². The van der Waals surface area contributed by atoms with E-state index in [1.807, 2.05) is 165 Å². The number of nitrogens with zero attached hydrogens (tertiary/aromatic N) is 2. The van der Waals surface area contributed by atoms with Crippen LogP contribution in [-0.2, 0) is 13.2 Å². The molecule has 0 unspecified atom stereocenters. The molecular weight excluding hydrogens is 1090 g/mol. The van der Waals surface area contributed by atoms with Crippen LogP contribution < -0.4 is 14.2 Å². The lowest BCUT2D eigenvalue weighted by molar-refractivity contribution is 0.304. The Bertz CT molecular complexity index is 3300. The van der Waals surface area contributed by atoms with Gasteiger partial charge in [-0.15, -0.1) is 5.10 Å². The summed E-state index contributed by atoms with van der Waals surface area (Å²) in [5, 5.41) is 6.77. The van der Waals surface area contributed by atoms with Crippen molar-refractivity contribution in [1.29, 1.82) is 0 Å². The second-order valence-electron chi connectivity index (χ2n) is 18.4. The number of para-hydroxylation sites is 2. The first kappa shape index (κ1) is 81.7. The minimum absolute atomic E-state index is 0. The topological polar surface area (TPSA) is 53.5 Å². The van der Waals surface area contributed by atoms with Gasteiger partial charge in [-0.2, -0.15) is 0 Å². The highest BCUT2D eigenvalue weighted by Crippen LogP contribution is 2.21. The number of aryl methyl sites for hydroxylation is 7. The molecular formula is C79H101ClN2O3S. The fraction of sp³-hybridized carbons (Fsp3) is 0.215. The summed E-state index contributed by atoms with van der Waals surface area (Å²) in [6, 6.07) is 89.8. The summed E-state index contributed by atoms with van der Waals surface area (Å²) >= 11 is 7.09. The smallest absolute Gasteiger partial charge is 0.122 e. The van der Waals surface area contributed by atoms with Crippen LogP contribution in [-0.4, -0.2) is 16.7 Å². The summed E-state index contributed by atoms with van der Waals surface area (Å²) in [4.78, 5) is 0. The summed E-state index contributed by atoms with van der Waals surface area (Å²) in [7, 11) is 1.68. The van der Waals surface area contributed by atoms with Crippen molar-refractivity contribution < 1.29 is 14.2 Å². The highest BCUT2D eigenvalue weighted by Gasteiger charge is 2.01. The van der Waals surface area contributed by atoms with Crippen LogP contribution in [0, 0.1) is 48.5 Å². The van der Waals surface area contributed by atoms with Crippen molar-refractivity contribution in [2.45, 2.75) is 114 Å². The van der Waals surface area contributed by atoms with E-state index < -0.39 is 0 Å². The van der Waals surface area contributed by atoms with Crippen LogP contribution in [0.1, 0.15) is 102 Å². The molecule has 10 aromatic carbocycles. The zero-order valence-electron chi connectivity index (χ0n) is 46.8. The predicted molar refractivity (Wildman–Crippen MR) is 383 cm³/mol. The van der Waals surface area contributed by atoms with Gasteiger partial charge in [0.15, 0.2) is 0 Å². The highest BCUT2D eigenvalue weighted by atomic mass is 35.5. The molecule has 0 spiro atoms. The molecule has 0 atom stereocenters. The molecule has 86 heavy (non-hydrogen) atoms. The number of benzene rings is 10. The Balaban J connectivity index is -0.000000935. The largest absolute Gasteiger partial charge is 0.496 e. The van der Waals surface area contributed by atoms with E-state index in [1.165, 1.54) is 67.2 Å². The predicted octanol–water partition coefficient (Wildman–Crippen LogP) is 24.4. The minimum atomic E-state index is 0. The number of ether oxygens (including phenoxy) is 3. The van der Waals surface area contributed by atoms with Gasteiger partial charge in [0.25, 0.3) is 0 Å². The van der Waals surface area contributed by atoms with Crippen molar-refractivity contribution in [1.82, 2.24) is 9.59 Å². The Morgan fingerprint density at radius 2 is 0.733 bits per heavy atom. The molecule has 458 valence electrons. The molecule has 0 aliphatic heterocycles. The summed E-state index contributed by atoms with van der Waals surface area (Å²) in [5.74, 6) is 2.85. The maximum absolute atomic E-state index is 5.72. The zero-order chi connectivity index (χ0) is 56.3. The lowest BCUT2D eigenvalue weighted by Gasteiger charge is -2.08. The van der Waals surface area contributed by atoms with Gasteiger partial charge in [-0.1, -0.05) is 321 Å². The molecule has 7 heteroatoms. The van der Waals surface area contributed by atoms with Crippen molar-refractivity contribution in [2.24, 2.45) is 0 Å². The highest BCUT2D eigenvalue weighted by molar-refractivity contribution is 7.03. The zero-order valence-corrected chi connectivity index (χ0v) is 48.4. The summed E-state index contributed by atoms with van der Waals surface area (Å²) in [5.41, 5.74) is 15.6. The second-order valence-corrected chi connectivity index (χ2v) is 19.4. The van der Waals surface area contributed by atoms with E-state index in [2.05, 4.69) is 166 Å². The molecule has 1 aromatic heterocycles. The number of hydrogen-bond donors (Lipinski definition) is 0. The van der Waals surface area contributed by atoms with E-state index >= 15 is 0 Å². The lowest BCUT2D eigenvalue weighted by Crippen LogP contribution is -1.96. The van der Waals surface area contributed by atoms with Gasteiger partial charge in [-0.3, -0.25) is 0 Å². The standard InChI is InChI=1S/2C14H14O.C13H12.C9H8N2S.C8H10O.C7H7Cl.C7H8.7CH4/c1-12-7-5-6-10-14(12)15-11-13-8-3-2-4-9-13;1-12-6-5-9-14(10-12)15-11-13-7-3-2-4-8-13;1-11-7-9-13(10-8-11)12-5-3-2-4-6-12;1-7-2-4-8(5-3-7)9-6-12-11-10-9;1-7-5-3-4-6-8(7)9-2;1-6-4-2-3-5-7(6)8;1-7-5-3-2-4-6-7;;;;;;;/h2*2-10H,11H2,1H3;2-10H,1H3;2-6H,1H3;3-6H,1-2H3;2-5H,1H3;2-6H,1H3;7*1H4. The summed E-state index contributed by atoms with van der Waals surface area (Å²) < 4.78 is 20.3. The molecule has 11 aromatic rings. The number of rotatable bonds is 9. The molecule has 0 aliphatic carbocycles. The molecule has 0 fully saturated rings. The van der Waals surface area contributed by atoms with Crippen molar-refractivity contribution in [3.63, 3.8) is 0 Å². The molecule has 0 saturated carbocycles. The molecule has 0 N–H and O–H groups in total. The average molecular weight is 1190 g/mol. The molecule has 0 amide bonds. The van der Waals surface area contributed by atoms with Crippen molar-refractivity contribution in [2.75, 3.05) is 7.11 Å². The van der Waals surface area contributed by atoms with Gasteiger partial charge < -0.3 is 14.2 Å². The van der Waals surface area contributed by atoms with Crippen LogP contribution in [0.25, 0.3) is 22.4 Å². The van der Waals surface area contributed by atoms with E-state index in [9.17, 15) is 0 Å². The Morgan fingerprint density at radius 3 is 1.13 bits per heavy atom. The van der Waals surface area contributed by atoms with Gasteiger partial charge in [0, 0.05) is 16.0 Å². The summed E-state index contributed by atoms with van der Waals surface area (Å²) in [6.07, 6.45) is 0. The normalized spacial score (nSPS) is 8.90. The quantitative estimate of drug-likeness (QED) is 0.144. The fourth-order valence-electron chi connectivity index (χ4n) is 7.16. The van der Waals surface area contributed by atoms with Gasteiger partial charge in [-0.05, 0) is 135 Å². The van der Waals surface area contributed by atoms with E-state index in [-0.39, 0.29) is 52.0 Å². The Hall–Kier alpha value is -8.55. The Kier molecular flexibility index (Phi) is 45.4. The van der Waals surface area contributed by atoms with E-state index in [1.54, 1.807) is 7.11 Å². The monoisotopic (exact) mass is 1190 g/mol. The van der Waals surface area contributed by atoms with Crippen LogP contribution in [0.15, 0.2) is 272 Å². The fourth-order valence-corrected chi connectivity index (χ4v) is 7.76. The Labute approximate surface area is 531 Å². The number of halogens is 1. The maximum Gasteiger partial charge on any atom is 0.122 e. The van der Waals surface area contributed by atoms with Crippen LogP contribution in [0.2, 0.25) is 5.02 Å². The molecule has 5 nitrogen and oxygen atoms in total. The third kappa shape index (κ3) is 32.5. The van der Waals surface area contributed by atoms with E-state index in [0.29, 0.717) is 13.2 Å². The van der Waals surface area contributed by atoms with Crippen molar-refractivity contribution in [3.05, 3.63) is 327 Å². The first-order valence-corrected chi connectivity index (χ1v) is 27.4. The van der Waals surface area contributed by atoms with Crippen LogP contribution in [0.4, 0.5) is 0 Å². The van der Waals surface area contributed by atoms with Gasteiger partial charge in [-0.25, -0.2) is 0 Å². The molecule has 0 aliphatic rings. The molecule has 0 radical (unpaired) electrons. The van der Waals surface area contributed by atoms with E-state index in [0.717, 1.165) is 39.1 Å². The van der Waals surface area contributed by atoms with Crippen molar-refractivity contribution >= 4 is 23.1 Å². The first-order valence-electron chi connectivity index (χ1n) is 26.2. The molecule has 11 rings (SSSR count). The third-order valence-electron chi connectivity index (χ3n) is 11.8. The van der Waals surface area contributed by atoms with Gasteiger partial charge in [0.2, 0.25) is 0 Å². The van der Waals surface area contributed by atoms with Crippen LogP contribution in [0.5, 0.6) is 17.2 Å². The summed E-state index contributed by atoms with van der Waals surface area (Å²) in [6.45, 7) is 15.7. The molecule has 0 saturated heterocycles. The van der Waals surface area contributed by atoms with E-state index in [4.69, 9.17) is 25.8 Å². The average Bonchev–Trinajstić information content (AvgIpc) is 4.10. The Morgan fingerprint density at radius 1 is 0.349 bits per heavy atom. The lowest BCUT2D eigenvalue weighted by atomic mass is 10.0. The van der Waals surface area contributed by atoms with Gasteiger partial charge in [0.1, 0.15) is 36.2 Å². The van der Waals surface area contributed by atoms with Crippen LogP contribution >= 0.6 is 23.1 Å². The second kappa shape index (κ2) is 47.8. The minimum Gasteiger partial charge on any atom is -0.496 e. The number of aromatic nitrogens is 2. The number of hydrogen-bond acceptors (Lipinski definition) is 6.